The first-order chi connectivity index (χ1) is 11.9. The maximum absolute atomic E-state index is 12.6. The molecule has 1 aromatic rings. The predicted octanol–water partition coefficient (Wildman–Crippen LogP) is 1.83. The van der Waals surface area contributed by atoms with E-state index in [2.05, 4.69) is 10.6 Å². The number of hydrogen-bond donors (Lipinski definition) is 2. The van der Waals surface area contributed by atoms with Gasteiger partial charge in [-0.3, -0.25) is 14.4 Å². The van der Waals surface area contributed by atoms with E-state index in [1.54, 1.807) is 36.1 Å². The molecule has 2 N–H and O–H groups in total. The predicted molar refractivity (Wildman–Crippen MR) is 96.4 cm³/mol. The third kappa shape index (κ3) is 5.19. The van der Waals surface area contributed by atoms with E-state index in [0.29, 0.717) is 36.6 Å². The molecule has 1 aliphatic heterocycles. The van der Waals surface area contributed by atoms with Crippen molar-refractivity contribution in [1.82, 2.24) is 15.5 Å². The van der Waals surface area contributed by atoms with Gasteiger partial charge in [0.25, 0.3) is 5.91 Å². The molecule has 0 bridgehead atoms. The molecule has 1 fully saturated rings. The fourth-order valence-corrected chi connectivity index (χ4v) is 3.00. The van der Waals surface area contributed by atoms with Gasteiger partial charge in [0, 0.05) is 30.2 Å². The second-order valence-corrected chi connectivity index (χ2v) is 6.66. The normalized spacial score (nSPS) is 18.4. The van der Waals surface area contributed by atoms with Crippen molar-refractivity contribution < 1.29 is 14.4 Å². The summed E-state index contributed by atoms with van der Waals surface area (Å²) in [6.07, 6.45) is 1.46. The highest BCUT2D eigenvalue weighted by Crippen LogP contribution is 2.20. The number of likely N-dealkylation sites (N-methyl/N-ethyl adjacent to an activating group) is 1. The first-order valence-corrected chi connectivity index (χ1v) is 8.93. The Kier molecular flexibility index (Phi) is 6.82. The molecule has 0 spiro atoms. The van der Waals surface area contributed by atoms with Crippen LogP contribution < -0.4 is 10.6 Å². The smallest absolute Gasteiger partial charge is 0.253 e. The van der Waals surface area contributed by atoms with Gasteiger partial charge in [0.05, 0.1) is 5.92 Å². The van der Waals surface area contributed by atoms with Crippen LogP contribution in [-0.2, 0) is 9.59 Å². The molecule has 3 amide bonds. The van der Waals surface area contributed by atoms with Gasteiger partial charge in [-0.2, -0.15) is 0 Å². The molecule has 0 aromatic heterocycles. The van der Waals surface area contributed by atoms with E-state index in [9.17, 15) is 14.4 Å². The summed E-state index contributed by atoms with van der Waals surface area (Å²) in [7, 11) is 0. The van der Waals surface area contributed by atoms with Crippen LogP contribution in [0.3, 0.4) is 0 Å². The first kappa shape index (κ1) is 19.2. The Morgan fingerprint density at radius 1 is 1.28 bits per heavy atom. The second kappa shape index (κ2) is 8.85. The summed E-state index contributed by atoms with van der Waals surface area (Å²) in [5.74, 6) is -0.805. The summed E-state index contributed by atoms with van der Waals surface area (Å²) in [5.41, 5.74) is 0.557. The van der Waals surface area contributed by atoms with E-state index < -0.39 is 6.04 Å². The van der Waals surface area contributed by atoms with Gasteiger partial charge in [-0.25, -0.2) is 0 Å². The molecule has 0 aliphatic carbocycles. The molecular weight excluding hydrogens is 342 g/mol. The monoisotopic (exact) mass is 365 g/mol. The highest BCUT2D eigenvalue weighted by Gasteiger charge is 2.30. The zero-order valence-electron chi connectivity index (χ0n) is 14.5. The standard InChI is InChI=1S/C18H24ClN3O3/c1-3-20-16(23)12(2)21-17(24)14-5-4-10-22(11-14)18(25)13-6-8-15(19)9-7-13/h6-9,12,14H,3-5,10-11H2,1-2H3,(H,20,23)(H,21,24). The number of carbonyl (C=O) groups is 3. The van der Waals surface area contributed by atoms with Crippen LogP contribution in [0.25, 0.3) is 0 Å². The fraction of sp³-hybridized carbons (Fsp3) is 0.500. The minimum atomic E-state index is -0.588. The highest BCUT2D eigenvalue weighted by molar-refractivity contribution is 6.30. The summed E-state index contributed by atoms with van der Waals surface area (Å²) in [6.45, 7) is 4.98. The van der Waals surface area contributed by atoms with Gasteiger partial charge < -0.3 is 15.5 Å². The van der Waals surface area contributed by atoms with Crippen molar-refractivity contribution in [2.24, 2.45) is 5.92 Å². The van der Waals surface area contributed by atoms with Crippen LogP contribution in [0.2, 0.25) is 5.02 Å². The summed E-state index contributed by atoms with van der Waals surface area (Å²) in [5, 5.41) is 5.99. The van der Waals surface area contributed by atoms with Crippen LogP contribution in [0.5, 0.6) is 0 Å². The van der Waals surface area contributed by atoms with E-state index >= 15 is 0 Å². The number of carbonyl (C=O) groups excluding carboxylic acids is 3. The number of rotatable bonds is 5. The Bertz CT molecular complexity index is 633. The van der Waals surface area contributed by atoms with Crippen molar-refractivity contribution >= 4 is 29.3 Å². The largest absolute Gasteiger partial charge is 0.355 e. The Morgan fingerprint density at radius 3 is 2.60 bits per heavy atom. The van der Waals surface area contributed by atoms with Crippen LogP contribution in [-0.4, -0.2) is 48.3 Å². The molecular formula is C18H24ClN3O3. The molecule has 0 saturated carbocycles. The maximum Gasteiger partial charge on any atom is 0.253 e. The fourth-order valence-electron chi connectivity index (χ4n) is 2.87. The number of benzene rings is 1. The van der Waals surface area contributed by atoms with Gasteiger partial charge >= 0.3 is 0 Å². The van der Waals surface area contributed by atoms with Gasteiger partial charge in [-0.05, 0) is 51.0 Å². The highest BCUT2D eigenvalue weighted by atomic mass is 35.5. The molecule has 1 heterocycles. The third-order valence-corrected chi connectivity index (χ3v) is 4.53. The van der Waals surface area contributed by atoms with Crippen molar-refractivity contribution in [1.29, 1.82) is 0 Å². The van der Waals surface area contributed by atoms with Crippen molar-refractivity contribution in [2.75, 3.05) is 19.6 Å². The van der Waals surface area contributed by atoms with Gasteiger partial charge in [0.15, 0.2) is 0 Å². The van der Waals surface area contributed by atoms with E-state index in [4.69, 9.17) is 11.6 Å². The average molecular weight is 366 g/mol. The number of hydrogen-bond acceptors (Lipinski definition) is 3. The number of piperidine rings is 1. The molecule has 1 aliphatic rings. The molecule has 0 radical (unpaired) electrons. The SMILES string of the molecule is CCNC(=O)C(C)NC(=O)C1CCCN(C(=O)c2ccc(Cl)cc2)C1. The zero-order valence-corrected chi connectivity index (χ0v) is 15.3. The van der Waals surface area contributed by atoms with Gasteiger partial charge in [0.1, 0.15) is 6.04 Å². The molecule has 1 saturated heterocycles. The van der Waals surface area contributed by atoms with Crippen molar-refractivity contribution in [3.05, 3.63) is 34.9 Å². The van der Waals surface area contributed by atoms with Gasteiger partial charge in [-0.15, -0.1) is 0 Å². The number of halogens is 1. The lowest BCUT2D eigenvalue weighted by Crippen LogP contribution is -2.50. The Hall–Kier alpha value is -2.08. The number of nitrogens with zero attached hydrogens (tertiary/aromatic N) is 1. The summed E-state index contributed by atoms with van der Waals surface area (Å²) >= 11 is 5.85. The van der Waals surface area contributed by atoms with Gasteiger partial charge in [-0.1, -0.05) is 11.6 Å². The third-order valence-electron chi connectivity index (χ3n) is 4.27. The van der Waals surface area contributed by atoms with E-state index in [0.717, 1.165) is 6.42 Å². The zero-order chi connectivity index (χ0) is 18.4. The van der Waals surface area contributed by atoms with Crippen molar-refractivity contribution in [3.8, 4) is 0 Å². The number of amides is 3. The molecule has 2 unspecified atom stereocenters. The molecule has 2 atom stereocenters. The summed E-state index contributed by atoms with van der Waals surface area (Å²) in [4.78, 5) is 38.4. The average Bonchev–Trinajstić information content (AvgIpc) is 2.62. The quantitative estimate of drug-likeness (QED) is 0.835. The summed E-state index contributed by atoms with van der Waals surface area (Å²) in [6, 6.07) is 6.14. The maximum atomic E-state index is 12.6. The molecule has 2 rings (SSSR count). The first-order valence-electron chi connectivity index (χ1n) is 8.55. The topological polar surface area (TPSA) is 78.5 Å². The minimum Gasteiger partial charge on any atom is -0.355 e. The molecule has 6 nitrogen and oxygen atoms in total. The number of nitrogens with one attached hydrogen (secondary N) is 2. The lowest BCUT2D eigenvalue weighted by molar-refractivity contribution is -0.131. The van der Waals surface area contributed by atoms with Crippen LogP contribution in [0.4, 0.5) is 0 Å². The van der Waals surface area contributed by atoms with Gasteiger partial charge in [0.2, 0.25) is 11.8 Å². The Labute approximate surface area is 152 Å². The van der Waals surface area contributed by atoms with Crippen LogP contribution >= 0.6 is 11.6 Å². The van der Waals surface area contributed by atoms with Crippen LogP contribution in [0.15, 0.2) is 24.3 Å². The molecule has 1 aromatic carbocycles. The van der Waals surface area contributed by atoms with E-state index in [1.807, 2.05) is 6.92 Å². The lowest BCUT2D eigenvalue weighted by atomic mass is 9.96. The van der Waals surface area contributed by atoms with E-state index in [1.165, 1.54) is 0 Å². The summed E-state index contributed by atoms with van der Waals surface area (Å²) < 4.78 is 0. The van der Waals surface area contributed by atoms with Crippen molar-refractivity contribution in [3.63, 3.8) is 0 Å². The Morgan fingerprint density at radius 2 is 1.96 bits per heavy atom. The number of likely N-dealkylation sites (tertiary alicyclic amines) is 1. The molecule has 25 heavy (non-hydrogen) atoms. The Balaban J connectivity index is 1.95. The minimum absolute atomic E-state index is 0.106. The lowest BCUT2D eigenvalue weighted by Gasteiger charge is -2.32. The molecule has 7 heteroatoms. The van der Waals surface area contributed by atoms with Crippen molar-refractivity contribution in [2.45, 2.75) is 32.7 Å². The second-order valence-electron chi connectivity index (χ2n) is 6.22. The van der Waals surface area contributed by atoms with Crippen LogP contribution in [0, 0.1) is 5.92 Å². The molecule has 136 valence electrons. The van der Waals surface area contributed by atoms with E-state index in [-0.39, 0.29) is 23.6 Å². The van der Waals surface area contributed by atoms with Crippen LogP contribution in [0.1, 0.15) is 37.0 Å².